The summed E-state index contributed by atoms with van der Waals surface area (Å²) in [6.45, 7) is 0. The summed E-state index contributed by atoms with van der Waals surface area (Å²) in [6, 6.07) is 5.21. The summed E-state index contributed by atoms with van der Waals surface area (Å²) in [6.07, 6.45) is 0. The Morgan fingerprint density at radius 3 is 2.64 bits per heavy atom. The summed E-state index contributed by atoms with van der Waals surface area (Å²) in [5, 5.41) is 20.7. The Morgan fingerprint density at radius 1 is 1.45 bits per heavy atom. The van der Waals surface area contributed by atoms with Gasteiger partial charge < -0.3 is 10.4 Å². The minimum absolute atomic E-state index is 0.199. The lowest BCUT2D eigenvalue weighted by molar-refractivity contribution is -0.475. The first-order valence-corrected chi connectivity index (χ1v) is 2.82. The van der Waals surface area contributed by atoms with E-state index in [-0.39, 0.29) is 10.5 Å². The van der Waals surface area contributed by atoms with Crippen molar-refractivity contribution < 1.29 is 14.5 Å². The Labute approximate surface area is 61.8 Å². The third-order valence-corrected chi connectivity index (χ3v) is 1.14. The van der Waals surface area contributed by atoms with Crippen LogP contribution in [-0.2, 0) is 0 Å². The highest BCUT2D eigenvalue weighted by atomic mass is 19.1. The molecule has 0 aromatic heterocycles. The fraction of sp³-hybridized carbons (Fsp3) is 0. The van der Waals surface area contributed by atoms with Gasteiger partial charge in [-0.1, -0.05) is 12.1 Å². The maximum absolute atomic E-state index is 12.6. The predicted molar refractivity (Wildman–Crippen MR) is 33.9 cm³/mol. The van der Waals surface area contributed by atoms with E-state index in [1.807, 2.05) is 0 Å². The molecule has 1 N–H and O–H groups in total. The van der Waals surface area contributed by atoms with Gasteiger partial charge in [0.15, 0.2) is 5.82 Å². The maximum atomic E-state index is 12.6. The van der Waals surface area contributed by atoms with Crippen LogP contribution in [0.3, 0.4) is 0 Å². The predicted octanol–water partition coefficient (Wildman–Crippen LogP) is 1.81. The first-order valence-electron chi connectivity index (χ1n) is 2.82. The minimum atomic E-state index is -0.722. The van der Waals surface area contributed by atoms with Gasteiger partial charge in [-0.05, 0) is 10.9 Å². The molecule has 58 valence electrons. The summed E-state index contributed by atoms with van der Waals surface area (Å²) in [5.74, 6) is -0.722. The SMILES string of the molecule is [O-]/[N+](=N\O)c1ccccc1F. The molecule has 0 saturated heterocycles. The average molecular weight is 156 g/mol. The Balaban J connectivity index is 3.14. The maximum Gasteiger partial charge on any atom is 0.283 e. The second-order valence-electron chi connectivity index (χ2n) is 1.81. The normalized spacial score (nSPS) is 11.5. The minimum Gasteiger partial charge on any atom is -0.592 e. The molecule has 1 rings (SSSR count). The zero-order valence-corrected chi connectivity index (χ0v) is 5.44. The van der Waals surface area contributed by atoms with Gasteiger partial charge >= 0.3 is 0 Å². The van der Waals surface area contributed by atoms with Crippen LogP contribution in [0.25, 0.3) is 0 Å². The number of hydrogen-bond donors (Lipinski definition) is 1. The van der Waals surface area contributed by atoms with Crippen molar-refractivity contribution in [3.63, 3.8) is 0 Å². The zero-order chi connectivity index (χ0) is 8.27. The van der Waals surface area contributed by atoms with Gasteiger partial charge in [0, 0.05) is 6.07 Å². The molecular weight excluding hydrogens is 151 g/mol. The first kappa shape index (κ1) is 7.46. The molecule has 0 unspecified atom stereocenters. The van der Waals surface area contributed by atoms with Gasteiger partial charge in [0.1, 0.15) is 0 Å². The Hall–Kier alpha value is -1.65. The van der Waals surface area contributed by atoms with Gasteiger partial charge in [-0.25, -0.2) is 0 Å². The lowest BCUT2D eigenvalue weighted by atomic mass is 10.3. The van der Waals surface area contributed by atoms with Gasteiger partial charge in [-0.3, -0.25) is 0 Å². The van der Waals surface area contributed by atoms with Crippen LogP contribution in [0.2, 0.25) is 0 Å². The smallest absolute Gasteiger partial charge is 0.283 e. The van der Waals surface area contributed by atoms with Gasteiger partial charge in [0.2, 0.25) is 5.28 Å². The summed E-state index contributed by atoms with van der Waals surface area (Å²) >= 11 is 0. The highest BCUT2D eigenvalue weighted by Crippen LogP contribution is 2.15. The van der Waals surface area contributed by atoms with E-state index in [1.165, 1.54) is 18.2 Å². The number of nitrogens with zero attached hydrogens (tertiary/aromatic N) is 2. The summed E-state index contributed by atoms with van der Waals surface area (Å²) in [7, 11) is 0. The molecule has 1 aromatic carbocycles. The summed E-state index contributed by atoms with van der Waals surface area (Å²) in [4.78, 5) is -0.199. The molecule has 0 bridgehead atoms. The molecule has 1 aromatic rings. The van der Waals surface area contributed by atoms with Crippen LogP contribution < -0.4 is 0 Å². The van der Waals surface area contributed by atoms with E-state index in [4.69, 9.17) is 5.21 Å². The van der Waals surface area contributed by atoms with Crippen molar-refractivity contribution in [2.24, 2.45) is 5.28 Å². The van der Waals surface area contributed by atoms with Crippen LogP contribution in [0.4, 0.5) is 10.1 Å². The van der Waals surface area contributed by atoms with Crippen LogP contribution in [0.15, 0.2) is 29.5 Å². The van der Waals surface area contributed by atoms with E-state index >= 15 is 0 Å². The standard InChI is InChI=1S/C6H5FN2O2/c7-5-3-1-2-4-6(5)9(11)8-10/h1-4,10H/b9-8-. The Bertz CT molecular complexity index is 288. The van der Waals surface area contributed by atoms with Crippen LogP contribution in [0.5, 0.6) is 0 Å². The largest absolute Gasteiger partial charge is 0.592 e. The van der Waals surface area contributed by atoms with E-state index in [1.54, 1.807) is 0 Å². The van der Waals surface area contributed by atoms with Crippen molar-refractivity contribution in [2.75, 3.05) is 0 Å². The van der Waals surface area contributed by atoms with Gasteiger partial charge in [0.05, 0.1) is 0 Å². The van der Waals surface area contributed by atoms with Crippen LogP contribution in [-0.4, -0.2) is 10.1 Å². The highest BCUT2D eigenvalue weighted by Gasteiger charge is 2.09. The van der Waals surface area contributed by atoms with Gasteiger partial charge in [-0.2, -0.15) is 4.39 Å². The van der Waals surface area contributed by atoms with Crippen LogP contribution >= 0.6 is 0 Å². The topological polar surface area (TPSA) is 58.7 Å². The molecule has 0 aliphatic rings. The fourth-order valence-electron chi connectivity index (χ4n) is 0.655. The first-order chi connectivity index (χ1) is 5.25. The van der Waals surface area contributed by atoms with Crippen molar-refractivity contribution in [3.05, 3.63) is 35.3 Å². The lowest BCUT2D eigenvalue weighted by Crippen LogP contribution is -1.93. The molecule has 0 aliphatic heterocycles. The number of halogens is 1. The van der Waals surface area contributed by atoms with Crippen LogP contribution in [0, 0.1) is 11.0 Å². The fourth-order valence-corrected chi connectivity index (χ4v) is 0.655. The zero-order valence-electron chi connectivity index (χ0n) is 5.44. The number of para-hydroxylation sites is 1. The van der Waals surface area contributed by atoms with Crippen LogP contribution in [0.1, 0.15) is 0 Å². The Morgan fingerprint density at radius 2 is 2.09 bits per heavy atom. The molecule has 0 aliphatic carbocycles. The van der Waals surface area contributed by atoms with Crippen molar-refractivity contribution >= 4 is 5.69 Å². The molecule has 4 nitrogen and oxygen atoms in total. The van der Waals surface area contributed by atoms with Crippen molar-refractivity contribution in [3.8, 4) is 0 Å². The molecule has 5 heteroatoms. The van der Waals surface area contributed by atoms with E-state index < -0.39 is 5.82 Å². The number of rotatable bonds is 1. The van der Waals surface area contributed by atoms with Crippen molar-refractivity contribution in [1.29, 1.82) is 0 Å². The van der Waals surface area contributed by atoms with Crippen molar-refractivity contribution in [2.45, 2.75) is 0 Å². The third kappa shape index (κ3) is 1.43. The monoisotopic (exact) mass is 156 g/mol. The van der Waals surface area contributed by atoms with Gasteiger partial charge in [0.25, 0.3) is 5.69 Å². The number of benzene rings is 1. The Kier molecular flexibility index (Phi) is 2.00. The van der Waals surface area contributed by atoms with E-state index in [0.717, 1.165) is 6.07 Å². The van der Waals surface area contributed by atoms with E-state index in [2.05, 4.69) is 5.28 Å². The third-order valence-electron chi connectivity index (χ3n) is 1.14. The molecule has 0 heterocycles. The summed E-state index contributed by atoms with van der Waals surface area (Å²) < 4.78 is 12.6. The van der Waals surface area contributed by atoms with Gasteiger partial charge in [-0.15, -0.1) is 0 Å². The van der Waals surface area contributed by atoms with Crippen molar-refractivity contribution in [1.82, 2.24) is 0 Å². The highest BCUT2D eigenvalue weighted by molar-refractivity contribution is 5.30. The molecule has 0 radical (unpaired) electrons. The molecular formula is C6H5FN2O2. The molecule has 0 spiro atoms. The molecule has 0 fully saturated rings. The lowest BCUT2D eigenvalue weighted by Gasteiger charge is -1.95. The second-order valence-corrected chi connectivity index (χ2v) is 1.81. The quantitative estimate of drug-likeness (QED) is 0.383. The number of hydrogen-bond acceptors (Lipinski definition) is 2. The summed E-state index contributed by atoms with van der Waals surface area (Å²) in [5.41, 5.74) is -0.310. The van der Waals surface area contributed by atoms with E-state index in [0.29, 0.717) is 0 Å². The average Bonchev–Trinajstić information content (AvgIpc) is 2.04. The second kappa shape index (κ2) is 2.96. The van der Waals surface area contributed by atoms with E-state index in [9.17, 15) is 9.60 Å². The molecule has 0 atom stereocenters. The molecule has 0 amide bonds. The molecule has 0 saturated carbocycles. The molecule has 11 heavy (non-hydrogen) atoms.